The summed E-state index contributed by atoms with van der Waals surface area (Å²) >= 11 is 0. The average Bonchev–Trinajstić information content (AvgIpc) is 2.73. The second-order valence-electron chi connectivity index (χ2n) is 7.37. The Morgan fingerprint density at radius 3 is 2.41 bits per heavy atom. The quantitative estimate of drug-likeness (QED) is 0.834. The van der Waals surface area contributed by atoms with Gasteiger partial charge in [0.05, 0.1) is 0 Å². The SMILES string of the molecule is Nc1cccc2c1CCCN2C(=O)C1CCN(C(=O)c2ccccc2)CC1. The van der Waals surface area contributed by atoms with Gasteiger partial charge in [0.25, 0.3) is 5.91 Å². The van der Waals surface area contributed by atoms with Crippen LogP contribution in [-0.4, -0.2) is 36.3 Å². The van der Waals surface area contributed by atoms with Crippen LogP contribution >= 0.6 is 0 Å². The summed E-state index contributed by atoms with van der Waals surface area (Å²) in [4.78, 5) is 29.5. The van der Waals surface area contributed by atoms with Crippen LogP contribution in [0.15, 0.2) is 48.5 Å². The molecule has 0 bridgehead atoms. The van der Waals surface area contributed by atoms with E-state index < -0.39 is 0 Å². The van der Waals surface area contributed by atoms with Crippen molar-refractivity contribution in [3.05, 3.63) is 59.7 Å². The molecule has 140 valence electrons. The first-order chi connectivity index (χ1) is 13.1. The van der Waals surface area contributed by atoms with E-state index in [0.29, 0.717) is 31.5 Å². The third-order valence-corrected chi connectivity index (χ3v) is 5.71. The number of carbonyl (C=O) groups is 2. The number of nitrogens with zero attached hydrogens (tertiary/aromatic N) is 2. The van der Waals surface area contributed by atoms with Gasteiger partial charge in [0, 0.05) is 42.5 Å². The fourth-order valence-corrected chi connectivity index (χ4v) is 4.19. The summed E-state index contributed by atoms with van der Waals surface area (Å²) in [5.41, 5.74) is 9.65. The van der Waals surface area contributed by atoms with Crippen LogP contribution in [0.25, 0.3) is 0 Å². The molecular weight excluding hydrogens is 338 g/mol. The fraction of sp³-hybridized carbons (Fsp3) is 0.364. The van der Waals surface area contributed by atoms with Crippen LogP contribution in [0, 0.1) is 5.92 Å². The van der Waals surface area contributed by atoms with Crippen LogP contribution in [-0.2, 0) is 11.2 Å². The van der Waals surface area contributed by atoms with E-state index in [9.17, 15) is 9.59 Å². The summed E-state index contributed by atoms with van der Waals surface area (Å²) < 4.78 is 0. The minimum atomic E-state index is -0.0304. The van der Waals surface area contributed by atoms with E-state index >= 15 is 0 Å². The highest BCUT2D eigenvalue weighted by Gasteiger charge is 2.33. The number of benzene rings is 2. The molecule has 2 aromatic carbocycles. The number of piperidine rings is 1. The third kappa shape index (κ3) is 3.42. The number of nitrogens with two attached hydrogens (primary N) is 1. The first-order valence-electron chi connectivity index (χ1n) is 9.68. The van der Waals surface area contributed by atoms with E-state index in [1.54, 1.807) is 0 Å². The Morgan fingerprint density at radius 1 is 0.926 bits per heavy atom. The van der Waals surface area contributed by atoms with Gasteiger partial charge in [-0.15, -0.1) is 0 Å². The van der Waals surface area contributed by atoms with Crippen LogP contribution in [0.4, 0.5) is 11.4 Å². The molecule has 27 heavy (non-hydrogen) atoms. The van der Waals surface area contributed by atoms with Gasteiger partial charge in [-0.05, 0) is 55.5 Å². The highest BCUT2D eigenvalue weighted by atomic mass is 16.2. The first-order valence-corrected chi connectivity index (χ1v) is 9.68. The zero-order chi connectivity index (χ0) is 18.8. The number of anilines is 2. The van der Waals surface area contributed by atoms with Gasteiger partial charge in [-0.3, -0.25) is 9.59 Å². The van der Waals surface area contributed by atoms with Crippen molar-refractivity contribution in [1.29, 1.82) is 0 Å². The summed E-state index contributed by atoms with van der Waals surface area (Å²) in [6, 6.07) is 15.2. The maximum atomic E-state index is 13.2. The van der Waals surface area contributed by atoms with Crippen molar-refractivity contribution in [1.82, 2.24) is 4.90 Å². The van der Waals surface area contributed by atoms with E-state index in [1.165, 1.54) is 0 Å². The van der Waals surface area contributed by atoms with Crippen molar-refractivity contribution in [2.75, 3.05) is 30.3 Å². The lowest BCUT2D eigenvalue weighted by atomic mass is 9.92. The fourth-order valence-electron chi connectivity index (χ4n) is 4.19. The van der Waals surface area contributed by atoms with Crippen molar-refractivity contribution in [2.24, 2.45) is 5.92 Å². The van der Waals surface area contributed by atoms with Crippen molar-refractivity contribution < 1.29 is 9.59 Å². The maximum Gasteiger partial charge on any atom is 0.253 e. The topological polar surface area (TPSA) is 66.6 Å². The molecule has 4 rings (SSSR count). The molecule has 2 aliphatic heterocycles. The van der Waals surface area contributed by atoms with Gasteiger partial charge in [0.1, 0.15) is 0 Å². The van der Waals surface area contributed by atoms with Crippen molar-refractivity contribution >= 4 is 23.2 Å². The zero-order valence-corrected chi connectivity index (χ0v) is 15.4. The Balaban J connectivity index is 1.43. The molecule has 5 heteroatoms. The molecule has 0 spiro atoms. The van der Waals surface area contributed by atoms with Gasteiger partial charge in [0.15, 0.2) is 0 Å². The number of hydrogen-bond donors (Lipinski definition) is 1. The molecule has 2 aromatic rings. The monoisotopic (exact) mass is 363 g/mol. The first kappa shape index (κ1) is 17.6. The Hall–Kier alpha value is -2.82. The lowest BCUT2D eigenvalue weighted by Crippen LogP contribution is -2.45. The summed E-state index contributed by atoms with van der Waals surface area (Å²) in [5, 5.41) is 0. The number of likely N-dealkylation sites (tertiary alicyclic amines) is 1. The van der Waals surface area contributed by atoms with E-state index in [2.05, 4.69) is 0 Å². The molecule has 2 aliphatic rings. The predicted octanol–water partition coefficient (Wildman–Crippen LogP) is 3.10. The van der Waals surface area contributed by atoms with Crippen LogP contribution in [0.2, 0.25) is 0 Å². The van der Waals surface area contributed by atoms with Gasteiger partial charge >= 0.3 is 0 Å². The van der Waals surface area contributed by atoms with Gasteiger partial charge in [0.2, 0.25) is 5.91 Å². The Bertz CT molecular complexity index is 842. The number of amides is 2. The van der Waals surface area contributed by atoms with Crippen LogP contribution < -0.4 is 10.6 Å². The van der Waals surface area contributed by atoms with Gasteiger partial charge in [-0.1, -0.05) is 24.3 Å². The summed E-state index contributed by atoms with van der Waals surface area (Å²) in [7, 11) is 0. The van der Waals surface area contributed by atoms with Crippen LogP contribution in [0.1, 0.15) is 35.2 Å². The van der Waals surface area contributed by atoms with Crippen LogP contribution in [0.3, 0.4) is 0 Å². The second kappa shape index (κ2) is 7.43. The van der Waals surface area contributed by atoms with Crippen molar-refractivity contribution in [2.45, 2.75) is 25.7 Å². The lowest BCUT2D eigenvalue weighted by Gasteiger charge is -2.36. The molecule has 2 amide bonds. The Morgan fingerprint density at radius 2 is 1.67 bits per heavy atom. The molecule has 1 fully saturated rings. The smallest absolute Gasteiger partial charge is 0.253 e. The number of nitrogen functional groups attached to an aromatic ring is 1. The average molecular weight is 363 g/mol. The molecule has 0 saturated carbocycles. The molecule has 0 aliphatic carbocycles. The molecule has 0 atom stereocenters. The Labute approximate surface area is 159 Å². The third-order valence-electron chi connectivity index (χ3n) is 5.71. The van der Waals surface area contributed by atoms with E-state index in [0.717, 1.165) is 36.3 Å². The highest BCUT2D eigenvalue weighted by molar-refractivity contribution is 5.97. The number of carbonyl (C=O) groups excluding carboxylic acids is 2. The second-order valence-corrected chi connectivity index (χ2v) is 7.37. The van der Waals surface area contributed by atoms with Crippen LogP contribution in [0.5, 0.6) is 0 Å². The van der Waals surface area contributed by atoms with E-state index in [1.807, 2.05) is 58.3 Å². The van der Waals surface area contributed by atoms with Crippen molar-refractivity contribution in [3.63, 3.8) is 0 Å². The molecule has 0 aromatic heterocycles. The minimum Gasteiger partial charge on any atom is -0.398 e. The number of hydrogen-bond acceptors (Lipinski definition) is 3. The van der Waals surface area contributed by atoms with Crippen molar-refractivity contribution in [3.8, 4) is 0 Å². The molecule has 0 radical (unpaired) electrons. The summed E-state index contributed by atoms with van der Waals surface area (Å²) in [5.74, 6) is 0.197. The maximum absolute atomic E-state index is 13.2. The molecule has 0 unspecified atom stereocenters. The largest absolute Gasteiger partial charge is 0.398 e. The minimum absolute atomic E-state index is 0.0304. The normalized spacial score (nSPS) is 17.5. The highest BCUT2D eigenvalue weighted by Crippen LogP contribution is 2.33. The molecule has 1 saturated heterocycles. The standard InChI is InChI=1S/C22H25N3O2/c23-19-9-4-10-20-18(19)8-5-13-25(20)22(27)17-11-14-24(15-12-17)21(26)16-6-2-1-3-7-16/h1-4,6-7,9-10,17H,5,8,11-15,23H2. The molecule has 2 N–H and O–H groups in total. The Kier molecular flexibility index (Phi) is 4.84. The molecule has 5 nitrogen and oxygen atoms in total. The van der Waals surface area contributed by atoms with Gasteiger partial charge < -0.3 is 15.5 Å². The summed E-state index contributed by atoms with van der Waals surface area (Å²) in [6.07, 6.45) is 3.30. The number of rotatable bonds is 2. The molecular formula is C22H25N3O2. The lowest BCUT2D eigenvalue weighted by molar-refractivity contribution is -0.123. The number of fused-ring (bicyclic) bond motifs is 1. The van der Waals surface area contributed by atoms with Gasteiger partial charge in [-0.25, -0.2) is 0 Å². The van der Waals surface area contributed by atoms with E-state index in [4.69, 9.17) is 5.73 Å². The zero-order valence-electron chi connectivity index (χ0n) is 15.4. The summed E-state index contributed by atoms with van der Waals surface area (Å²) in [6.45, 7) is 2.00. The predicted molar refractivity (Wildman–Crippen MR) is 107 cm³/mol. The van der Waals surface area contributed by atoms with E-state index in [-0.39, 0.29) is 17.7 Å². The van der Waals surface area contributed by atoms with Gasteiger partial charge in [-0.2, -0.15) is 0 Å². The molecule has 2 heterocycles.